The molecule has 0 aliphatic heterocycles. The normalized spacial score (nSPS) is 9.27. The van der Waals surface area contributed by atoms with Crippen LogP contribution in [0.1, 0.15) is 26.4 Å². The molecule has 0 radical (unpaired) electrons. The molecule has 0 fully saturated rings. The summed E-state index contributed by atoms with van der Waals surface area (Å²) in [6, 6.07) is 1.53. The van der Waals surface area contributed by atoms with Crippen LogP contribution in [0.25, 0.3) is 0 Å². The first-order valence-electron chi connectivity index (χ1n) is 4.09. The topological polar surface area (TPSA) is 99.1 Å². The molecule has 0 bridgehead atoms. The maximum absolute atomic E-state index is 11.1. The van der Waals surface area contributed by atoms with E-state index in [2.05, 4.69) is 10.9 Å². The van der Waals surface area contributed by atoms with Crippen LogP contribution in [-0.2, 0) is 6.42 Å². The molecule has 1 aromatic rings. The fourth-order valence-electron chi connectivity index (χ4n) is 1.22. The van der Waals surface area contributed by atoms with Crippen LogP contribution in [0.15, 0.2) is 12.3 Å². The molecule has 5 nitrogen and oxygen atoms in total. The van der Waals surface area contributed by atoms with Gasteiger partial charge < -0.3 is 11.5 Å². The second kappa shape index (κ2) is 4.24. The van der Waals surface area contributed by atoms with Gasteiger partial charge in [-0.1, -0.05) is 0 Å². The zero-order valence-electron chi connectivity index (χ0n) is 7.86. The summed E-state index contributed by atoms with van der Waals surface area (Å²) in [7, 11) is 0. The monoisotopic (exact) mass is 203 g/mol. The molecule has 0 aliphatic carbocycles. The summed E-state index contributed by atoms with van der Waals surface area (Å²) in [6.07, 6.45) is 6.67. The van der Waals surface area contributed by atoms with E-state index in [0.717, 1.165) is 0 Å². The number of hydrogen-bond donors (Lipinski definition) is 2. The van der Waals surface area contributed by atoms with E-state index < -0.39 is 11.8 Å². The van der Waals surface area contributed by atoms with Gasteiger partial charge in [0.25, 0.3) is 11.8 Å². The zero-order chi connectivity index (χ0) is 11.4. The average Bonchev–Trinajstić information content (AvgIpc) is 2.17. The molecule has 5 heteroatoms. The fourth-order valence-corrected chi connectivity index (χ4v) is 1.22. The molecule has 0 aromatic carbocycles. The van der Waals surface area contributed by atoms with Crippen LogP contribution < -0.4 is 11.5 Å². The third-order valence-corrected chi connectivity index (χ3v) is 1.81. The van der Waals surface area contributed by atoms with Gasteiger partial charge >= 0.3 is 0 Å². The number of hydrogen-bond acceptors (Lipinski definition) is 3. The van der Waals surface area contributed by atoms with Crippen LogP contribution >= 0.6 is 0 Å². The fraction of sp³-hybridized carbons (Fsp3) is 0.100. The van der Waals surface area contributed by atoms with Crippen molar-refractivity contribution in [3.8, 4) is 12.3 Å². The Morgan fingerprint density at radius 3 is 2.53 bits per heavy atom. The molecular weight excluding hydrogens is 194 g/mol. The second-order valence-electron chi connectivity index (χ2n) is 2.80. The lowest BCUT2D eigenvalue weighted by atomic mass is 10.0. The minimum Gasteiger partial charge on any atom is -0.366 e. The van der Waals surface area contributed by atoms with Gasteiger partial charge in [0, 0.05) is 12.6 Å². The van der Waals surface area contributed by atoms with Crippen LogP contribution in [-0.4, -0.2) is 16.8 Å². The first-order valence-corrected chi connectivity index (χ1v) is 4.09. The Balaban J connectivity index is 3.43. The minimum absolute atomic E-state index is 0.00273. The highest BCUT2D eigenvalue weighted by atomic mass is 16.2. The van der Waals surface area contributed by atoms with Gasteiger partial charge in [0.15, 0.2) is 0 Å². The van der Waals surface area contributed by atoms with Gasteiger partial charge in [0.1, 0.15) is 5.69 Å². The van der Waals surface area contributed by atoms with Crippen molar-refractivity contribution in [1.29, 1.82) is 0 Å². The standard InChI is InChI=1S/C10H9N3O2/c1-2-3-6-4-5-13-8(10(12)15)7(6)9(11)14/h1,4-5H,3H2,(H2,11,14)(H2,12,15). The van der Waals surface area contributed by atoms with Gasteiger partial charge in [-0.2, -0.15) is 0 Å². The lowest BCUT2D eigenvalue weighted by Gasteiger charge is -2.06. The number of terminal acetylenes is 1. The van der Waals surface area contributed by atoms with E-state index in [4.69, 9.17) is 17.9 Å². The van der Waals surface area contributed by atoms with Gasteiger partial charge in [-0.05, 0) is 11.6 Å². The number of amides is 2. The summed E-state index contributed by atoms with van der Waals surface area (Å²) in [5.74, 6) is 0.793. The van der Waals surface area contributed by atoms with Crippen molar-refractivity contribution in [2.45, 2.75) is 6.42 Å². The Morgan fingerprint density at radius 1 is 1.40 bits per heavy atom. The molecule has 4 N–H and O–H groups in total. The molecule has 0 unspecified atom stereocenters. The van der Waals surface area contributed by atoms with E-state index in [-0.39, 0.29) is 17.7 Å². The summed E-state index contributed by atoms with van der Waals surface area (Å²) in [4.78, 5) is 25.8. The lowest BCUT2D eigenvalue weighted by Crippen LogP contribution is -2.23. The van der Waals surface area contributed by atoms with Crippen LogP contribution in [0.5, 0.6) is 0 Å². The van der Waals surface area contributed by atoms with Crippen molar-refractivity contribution in [2.75, 3.05) is 0 Å². The van der Waals surface area contributed by atoms with Crippen molar-refractivity contribution < 1.29 is 9.59 Å². The van der Waals surface area contributed by atoms with E-state index in [0.29, 0.717) is 5.56 Å². The highest BCUT2D eigenvalue weighted by molar-refractivity contribution is 6.05. The molecule has 2 amide bonds. The van der Waals surface area contributed by atoms with Crippen molar-refractivity contribution in [2.24, 2.45) is 11.5 Å². The number of primary amides is 2. The molecular formula is C10H9N3O2. The maximum atomic E-state index is 11.1. The molecule has 76 valence electrons. The molecule has 15 heavy (non-hydrogen) atoms. The second-order valence-corrected chi connectivity index (χ2v) is 2.80. The van der Waals surface area contributed by atoms with Gasteiger partial charge in [0.05, 0.1) is 5.56 Å². The Hall–Kier alpha value is -2.35. The van der Waals surface area contributed by atoms with Crippen LogP contribution in [0.3, 0.4) is 0 Å². The van der Waals surface area contributed by atoms with Crippen molar-refractivity contribution in [3.63, 3.8) is 0 Å². The third-order valence-electron chi connectivity index (χ3n) is 1.81. The number of pyridine rings is 1. The molecule has 0 saturated heterocycles. The molecule has 0 aliphatic rings. The Bertz CT molecular complexity index is 460. The highest BCUT2D eigenvalue weighted by Crippen LogP contribution is 2.12. The average molecular weight is 203 g/mol. The van der Waals surface area contributed by atoms with Crippen molar-refractivity contribution >= 4 is 11.8 Å². The quantitative estimate of drug-likeness (QED) is 0.645. The van der Waals surface area contributed by atoms with Gasteiger partial charge in [-0.25, -0.2) is 0 Å². The highest BCUT2D eigenvalue weighted by Gasteiger charge is 2.17. The number of carbonyl (C=O) groups excluding carboxylic acids is 2. The van der Waals surface area contributed by atoms with E-state index in [1.165, 1.54) is 12.3 Å². The predicted octanol–water partition coefficient (Wildman–Crippen LogP) is -0.545. The van der Waals surface area contributed by atoms with Gasteiger partial charge in [0.2, 0.25) is 0 Å². The van der Waals surface area contributed by atoms with Crippen LogP contribution in [0, 0.1) is 12.3 Å². The van der Waals surface area contributed by atoms with Gasteiger partial charge in [-0.3, -0.25) is 14.6 Å². The van der Waals surface area contributed by atoms with Gasteiger partial charge in [-0.15, -0.1) is 12.3 Å². The lowest BCUT2D eigenvalue weighted by molar-refractivity contribution is 0.0962. The molecule has 1 heterocycles. The molecule has 0 spiro atoms. The first-order chi connectivity index (χ1) is 7.07. The van der Waals surface area contributed by atoms with Crippen molar-refractivity contribution in [3.05, 3.63) is 29.1 Å². The summed E-state index contributed by atoms with van der Waals surface area (Å²) < 4.78 is 0. The minimum atomic E-state index is -0.803. The molecule has 0 atom stereocenters. The number of nitrogens with zero attached hydrogens (tertiary/aromatic N) is 1. The molecule has 1 aromatic heterocycles. The molecule has 0 saturated carbocycles. The smallest absolute Gasteiger partial charge is 0.268 e. The number of aromatic nitrogens is 1. The molecule has 1 rings (SSSR count). The Kier molecular flexibility index (Phi) is 3.03. The summed E-state index contributed by atoms with van der Waals surface area (Å²) in [5, 5.41) is 0. The zero-order valence-corrected chi connectivity index (χ0v) is 7.86. The Labute approximate surface area is 86.5 Å². The largest absolute Gasteiger partial charge is 0.366 e. The number of rotatable bonds is 3. The SMILES string of the molecule is C#CCc1ccnc(C(N)=O)c1C(N)=O. The predicted molar refractivity (Wildman–Crippen MR) is 53.8 cm³/mol. The van der Waals surface area contributed by atoms with E-state index in [1.54, 1.807) is 0 Å². The summed E-state index contributed by atoms with van der Waals surface area (Å²) in [5.41, 5.74) is 10.5. The maximum Gasteiger partial charge on any atom is 0.268 e. The third kappa shape index (κ3) is 2.11. The van der Waals surface area contributed by atoms with E-state index in [9.17, 15) is 9.59 Å². The first kappa shape index (κ1) is 10.7. The summed E-state index contributed by atoms with van der Waals surface area (Å²) >= 11 is 0. The number of nitrogens with two attached hydrogens (primary N) is 2. The Morgan fingerprint density at radius 2 is 2.07 bits per heavy atom. The summed E-state index contributed by atoms with van der Waals surface area (Å²) in [6.45, 7) is 0. The van der Waals surface area contributed by atoms with Crippen LogP contribution in [0.4, 0.5) is 0 Å². The number of carbonyl (C=O) groups is 2. The van der Waals surface area contributed by atoms with E-state index >= 15 is 0 Å². The van der Waals surface area contributed by atoms with Crippen molar-refractivity contribution in [1.82, 2.24) is 4.98 Å². The van der Waals surface area contributed by atoms with Crippen LogP contribution in [0.2, 0.25) is 0 Å². The van der Waals surface area contributed by atoms with E-state index in [1.807, 2.05) is 0 Å².